The SMILES string of the molecule is CCNS(=O)(=O)c1cccc(C(=O)OCC(=O)Nc2ccc(F)c(F)c2)c1. The molecule has 0 saturated carbocycles. The number of hydrogen-bond acceptors (Lipinski definition) is 5. The van der Waals surface area contributed by atoms with Crippen LogP contribution in [0.15, 0.2) is 47.4 Å². The Morgan fingerprint density at radius 1 is 1.07 bits per heavy atom. The molecule has 10 heteroatoms. The molecule has 0 spiro atoms. The van der Waals surface area contributed by atoms with Gasteiger partial charge in [-0.05, 0) is 30.3 Å². The van der Waals surface area contributed by atoms with Crippen molar-refractivity contribution < 1.29 is 31.5 Å². The van der Waals surface area contributed by atoms with E-state index >= 15 is 0 Å². The maximum absolute atomic E-state index is 13.1. The maximum atomic E-state index is 13.1. The predicted molar refractivity (Wildman–Crippen MR) is 92.6 cm³/mol. The summed E-state index contributed by atoms with van der Waals surface area (Å²) in [5, 5.41) is 2.24. The largest absolute Gasteiger partial charge is 0.452 e. The zero-order chi connectivity index (χ0) is 20.0. The van der Waals surface area contributed by atoms with Gasteiger partial charge >= 0.3 is 5.97 Å². The number of hydrogen-bond donors (Lipinski definition) is 2. The quantitative estimate of drug-likeness (QED) is 0.695. The highest BCUT2D eigenvalue weighted by Gasteiger charge is 2.17. The summed E-state index contributed by atoms with van der Waals surface area (Å²) in [5.74, 6) is -3.88. The molecule has 144 valence electrons. The zero-order valence-electron chi connectivity index (χ0n) is 14.2. The highest BCUT2D eigenvalue weighted by atomic mass is 32.2. The van der Waals surface area contributed by atoms with Gasteiger partial charge in [0.2, 0.25) is 10.0 Å². The first kappa shape index (κ1) is 20.5. The van der Waals surface area contributed by atoms with Gasteiger partial charge in [-0.25, -0.2) is 26.7 Å². The van der Waals surface area contributed by atoms with Gasteiger partial charge in [-0.3, -0.25) is 4.79 Å². The third kappa shape index (κ3) is 5.56. The molecular formula is C17H16F2N2O5S. The van der Waals surface area contributed by atoms with Crippen LogP contribution in [0.3, 0.4) is 0 Å². The van der Waals surface area contributed by atoms with Gasteiger partial charge in [0, 0.05) is 18.3 Å². The summed E-state index contributed by atoms with van der Waals surface area (Å²) < 4.78 is 56.9. The predicted octanol–water partition coefficient (Wildman–Crippen LogP) is 2.06. The van der Waals surface area contributed by atoms with Gasteiger partial charge < -0.3 is 10.1 Å². The normalized spacial score (nSPS) is 11.1. The number of benzene rings is 2. The van der Waals surface area contributed by atoms with Crippen LogP contribution in [0, 0.1) is 11.6 Å². The summed E-state index contributed by atoms with van der Waals surface area (Å²) in [6, 6.07) is 7.89. The van der Waals surface area contributed by atoms with Gasteiger partial charge in [-0.1, -0.05) is 13.0 Å². The molecule has 0 aromatic heterocycles. The number of rotatable bonds is 7. The number of halogens is 2. The summed E-state index contributed by atoms with van der Waals surface area (Å²) in [6.07, 6.45) is 0. The highest BCUT2D eigenvalue weighted by Crippen LogP contribution is 2.14. The van der Waals surface area contributed by atoms with E-state index in [-0.39, 0.29) is 22.7 Å². The fraction of sp³-hybridized carbons (Fsp3) is 0.176. The fourth-order valence-corrected chi connectivity index (χ4v) is 3.14. The number of anilines is 1. The van der Waals surface area contributed by atoms with E-state index in [0.29, 0.717) is 0 Å². The Kier molecular flexibility index (Phi) is 6.59. The van der Waals surface area contributed by atoms with Crippen molar-refractivity contribution in [1.29, 1.82) is 0 Å². The molecule has 0 heterocycles. The number of esters is 1. The van der Waals surface area contributed by atoms with E-state index in [1.807, 2.05) is 0 Å². The highest BCUT2D eigenvalue weighted by molar-refractivity contribution is 7.89. The molecule has 0 unspecified atom stereocenters. The molecule has 0 bridgehead atoms. The summed E-state index contributed by atoms with van der Waals surface area (Å²) in [5.41, 5.74) is -0.0664. The summed E-state index contributed by atoms with van der Waals surface area (Å²) >= 11 is 0. The Bertz CT molecular complexity index is 964. The molecule has 27 heavy (non-hydrogen) atoms. The minimum Gasteiger partial charge on any atom is -0.452 e. The number of sulfonamides is 1. The molecule has 2 rings (SSSR count). The monoisotopic (exact) mass is 398 g/mol. The van der Waals surface area contributed by atoms with Gasteiger partial charge in [-0.2, -0.15) is 0 Å². The molecule has 0 aliphatic rings. The Balaban J connectivity index is 1.99. The molecule has 2 aromatic carbocycles. The van der Waals surface area contributed by atoms with Crippen LogP contribution in [0.4, 0.5) is 14.5 Å². The molecule has 2 N–H and O–H groups in total. The molecule has 0 aliphatic heterocycles. The number of carbonyl (C=O) groups is 2. The first-order valence-electron chi connectivity index (χ1n) is 7.74. The van der Waals surface area contributed by atoms with E-state index < -0.39 is 40.1 Å². The van der Waals surface area contributed by atoms with E-state index in [4.69, 9.17) is 4.74 Å². The zero-order valence-corrected chi connectivity index (χ0v) is 15.0. The lowest BCUT2D eigenvalue weighted by Crippen LogP contribution is -2.24. The number of amides is 1. The molecule has 1 amide bonds. The van der Waals surface area contributed by atoms with Gasteiger partial charge in [0.25, 0.3) is 5.91 Å². The summed E-state index contributed by atoms with van der Waals surface area (Å²) in [6.45, 7) is 1.10. The second-order valence-electron chi connectivity index (χ2n) is 5.28. The van der Waals surface area contributed by atoms with Gasteiger partial charge in [0.15, 0.2) is 18.2 Å². The first-order chi connectivity index (χ1) is 12.7. The maximum Gasteiger partial charge on any atom is 0.338 e. The Labute approximate surface area is 154 Å². The molecule has 0 radical (unpaired) electrons. The van der Waals surface area contributed by atoms with Crippen molar-refractivity contribution >= 4 is 27.6 Å². The molecular weight excluding hydrogens is 382 g/mol. The Morgan fingerprint density at radius 3 is 2.48 bits per heavy atom. The minimum atomic E-state index is -3.75. The number of ether oxygens (including phenoxy) is 1. The fourth-order valence-electron chi connectivity index (χ4n) is 2.05. The van der Waals surface area contributed by atoms with Gasteiger partial charge in [-0.15, -0.1) is 0 Å². The molecule has 0 atom stereocenters. The van der Waals surface area contributed by atoms with Crippen molar-refractivity contribution in [2.45, 2.75) is 11.8 Å². The average Bonchev–Trinajstić information content (AvgIpc) is 2.63. The van der Waals surface area contributed by atoms with E-state index in [0.717, 1.165) is 24.3 Å². The van der Waals surface area contributed by atoms with Gasteiger partial charge in [0.1, 0.15) is 0 Å². The van der Waals surface area contributed by atoms with E-state index in [2.05, 4.69) is 10.0 Å². The first-order valence-corrected chi connectivity index (χ1v) is 9.23. The van der Waals surface area contributed by atoms with Crippen LogP contribution >= 0.6 is 0 Å². The van der Waals surface area contributed by atoms with Crippen molar-refractivity contribution in [2.24, 2.45) is 0 Å². The number of carbonyl (C=O) groups excluding carboxylic acids is 2. The third-order valence-electron chi connectivity index (χ3n) is 3.25. The lowest BCUT2D eigenvalue weighted by atomic mass is 10.2. The van der Waals surface area contributed by atoms with Crippen molar-refractivity contribution in [1.82, 2.24) is 4.72 Å². The van der Waals surface area contributed by atoms with E-state index in [9.17, 15) is 26.8 Å². The van der Waals surface area contributed by atoms with Crippen LogP contribution in [0.2, 0.25) is 0 Å². The second-order valence-corrected chi connectivity index (χ2v) is 7.05. The van der Waals surface area contributed by atoms with Crippen molar-refractivity contribution in [2.75, 3.05) is 18.5 Å². The van der Waals surface area contributed by atoms with Gasteiger partial charge in [0.05, 0.1) is 10.5 Å². The van der Waals surface area contributed by atoms with Crippen molar-refractivity contribution in [3.8, 4) is 0 Å². The smallest absolute Gasteiger partial charge is 0.338 e. The standard InChI is InChI=1S/C17H16F2N2O5S/c1-2-20-27(24,25)13-5-3-4-11(8-13)17(23)26-10-16(22)21-12-6-7-14(18)15(19)9-12/h3-9,20H,2,10H2,1H3,(H,21,22). The topological polar surface area (TPSA) is 102 Å². The van der Waals surface area contributed by atoms with Crippen molar-refractivity contribution in [3.05, 3.63) is 59.7 Å². The second kappa shape index (κ2) is 8.69. The van der Waals surface area contributed by atoms with Crippen LogP contribution in [-0.2, 0) is 19.6 Å². The lowest BCUT2D eigenvalue weighted by molar-refractivity contribution is -0.119. The van der Waals surface area contributed by atoms with Crippen LogP contribution in [0.5, 0.6) is 0 Å². The van der Waals surface area contributed by atoms with Crippen LogP contribution in [0.25, 0.3) is 0 Å². The number of nitrogens with one attached hydrogen (secondary N) is 2. The molecule has 2 aromatic rings. The van der Waals surface area contributed by atoms with Crippen LogP contribution < -0.4 is 10.0 Å². The Hall–Kier alpha value is -2.85. The van der Waals surface area contributed by atoms with Crippen LogP contribution in [0.1, 0.15) is 17.3 Å². The Morgan fingerprint density at radius 2 is 1.81 bits per heavy atom. The van der Waals surface area contributed by atoms with Crippen LogP contribution in [-0.4, -0.2) is 33.4 Å². The molecule has 0 fully saturated rings. The summed E-state index contributed by atoms with van der Waals surface area (Å²) in [7, 11) is -3.75. The summed E-state index contributed by atoms with van der Waals surface area (Å²) in [4.78, 5) is 23.6. The van der Waals surface area contributed by atoms with Crippen molar-refractivity contribution in [3.63, 3.8) is 0 Å². The van der Waals surface area contributed by atoms with E-state index in [1.54, 1.807) is 6.92 Å². The minimum absolute atomic E-state index is 0.00585. The molecule has 0 saturated heterocycles. The van der Waals surface area contributed by atoms with E-state index in [1.165, 1.54) is 18.2 Å². The lowest BCUT2D eigenvalue weighted by Gasteiger charge is -2.08. The molecule has 7 nitrogen and oxygen atoms in total. The third-order valence-corrected chi connectivity index (χ3v) is 4.80. The average molecular weight is 398 g/mol. The molecule has 0 aliphatic carbocycles.